The first-order valence-electron chi connectivity index (χ1n) is 5.21. The number of nitrogens with zero attached hydrogens (tertiary/aromatic N) is 1. The van der Waals surface area contributed by atoms with Gasteiger partial charge >= 0.3 is 0 Å². The van der Waals surface area contributed by atoms with Crippen LogP contribution in [0.1, 0.15) is 19.3 Å². The summed E-state index contributed by atoms with van der Waals surface area (Å²) in [5, 5.41) is 0. The second-order valence-electron chi connectivity index (χ2n) is 3.80. The van der Waals surface area contributed by atoms with E-state index in [9.17, 15) is 4.79 Å². The molecule has 2 N–H and O–H groups in total. The number of nitrogens with two attached hydrogens (primary N) is 1. The Balaban J connectivity index is 2.30. The second-order valence-corrected chi connectivity index (χ2v) is 4.27. The monoisotopic (exact) mass is 230 g/mol. The molecule has 1 saturated heterocycles. The van der Waals surface area contributed by atoms with E-state index < -0.39 is 0 Å². The normalized spacial score (nSPS) is 17.8. The lowest BCUT2D eigenvalue weighted by Gasteiger charge is -2.31. The predicted molar refractivity (Wildman–Crippen MR) is 62.6 cm³/mol. The molecule has 5 heteroatoms. The molecule has 0 radical (unpaired) electrons. The molecule has 1 heterocycles. The SMILES string of the molecule is COCCC(=O)N1CCC(C(N)=S)CC1. The van der Waals surface area contributed by atoms with E-state index in [2.05, 4.69) is 0 Å². The zero-order chi connectivity index (χ0) is 11.3. The average Bonchev–Trinajstić information content (AvgIpc) is 2.26. The van der Waals surface area contributed by atoms with E-state index in [0.717, 1.165) is 25.9 Å². The Morgan fingerprint density at radius 2 is 2.13 bits per heavy atom. The van der Waals surface area contributed by atoms with Gasteiger partial charge in [-0.15, -0.1) is 0 Å². The Morgan fingerprint density at radius 3 is 2.60 bits per heavy atom. The molecule has 0 atom stereocenters. The molecule has 0 aliphatic carbocycles. The highest BCUT2D eigenvalue weighted by molar-refractivity contribution is 7.80. The predicted octanol–water partition coefficient (Wildman–Crippen LogP) is 0.548. The average molecular weight is 230 g/mol. The van der Waals surface area contributed by atoms with Gasteiger partial charge in [0, 0.05) is 26.1 Å². The highest BCUT2D eigenvalue weighted by atomic mass is 32.1. The van der Waals surface area contributed by atoms with Crippen LogP contribution in [0.5, 0.6) is 0 Å². The van der Waals surface area contributed by atoms with E-state index in [-0.39, 0.29) is 5.91 Å². The Labute approximate surface area is 95.8 Å². The van der Waals surface area contributed by atoms with Crippen molar-refractivity contribution < 1.29 is 9.53 Å². The number of thiocarbonyl (C=S) groups is 1. The molecule has 0 aromatic heterocycles. The molecule has 0 spiro atoms. The molecule has 86 valence electrons. The number of carbonyl (C=O) groups excluding carboxylic acids is 1. The minimum absolute atomic E-state index is 0.165. The zero-order valence-electron chi connectivity index (χ0n) is 9.07. The largest absolute Gasteiger partial charge is 0.393 e. The molecule has 0 unspecified atom stereocenters. The van der Waals surface area contributed by atoms with Crippen molar-refractivity contribution in [3.05, 3.63) is 0 Å². The summed E-state index contributed by atoms with van der Waals surface area (Å²) < 4.78 is 4.87. The summed E-state index contributed by atoms with van der Waals surface area (Å²) in [5.74, 6) is 0.477. The number of carbonyl (C=O) groups is 1. The summed E-state index contributed by atoms with van der Waals surface area (Å²) in [4.78, 5) is 14.1. The molecule has 1 amide bonds. The van der Waals surface area contributed by atoms with Crippen LogP contribution in [0.15, 0.2) is 0 Å². The fourth-order valence-electron chi connectivity index (χ4n) is 1.76. The molecule has 0 aromatic carbocycles. The summed E-state index contributed by atoms with van der Waals surface area (Å²) >= 11 is 4.94. The maximum atomic E-state index is 11.6. The maximum Gasteiger partial charge on any atom is 0.224 e. The van der Waals surface area contributed by atoms with Crippen LogP contribution in [0.4, 0.5) is 0 Å². The summed E-state index contributed by atoms with van der Waals surface area (Å²) in [6.45, 7) is 2.03. The van der Waals surface area contributed by atoms with Gasteiger partial charge in [-0.3, -0.25) is 4.79 Å². The fourth-order valence-corrected chi connectivity index (χ4v) is 2.00. The molecule has 0 aromatic rings. The fraction of sp³-hybridized carbons (Fsp3) is 0.800. The van der Waals surface area contributed by atoms with Crippen LogP contribution < -0.4 is 5.73 Å². The highest BCUT2D eigenvalue weighted by Gasteiger charge is 2.23. The molecule has 1 aliphatic rings. The van der Waals surface area contributed by atoms with Crippen molar-refractivity contribution >= 4 is 23.1 Å². The van der Waals surface area contributed by atoms with Gasteiger partial charge in [0.2, 0.25) is 5.91 Å². The minimum Gasteiger partial charge on any atom is -0.393 e. The molecule has 15 heavy (non-hydrogen) atoms. The van der Waals surface area contributed by atoms with E-state index in [4.69, 9.17) is 22.7 Å². The van der Waals surface area contributed by atoms with Crippen LogP contribution >= 0.6 is 12.2 Å². The Kier molecular flexibility index (Phi) is 4.98. The number of piperidine rings is 1. The minimum atomic E-state index is 0.165. The van der Waals surface area contributed by atoms with Crippen molar-refractivity contribution in [3.63, 3.8) is 0 Å². The van der Waals surface area contributed by atoms with Crippen molar-refractivity contribution in [1.29, 1.82) is 0 Å². The second kappa shape index (κ2) is 6.02. The Hall–Kier alpha value is -0.680. The summed E-state index contributed by atoms with van der Waals surface area (Å²) in [6, 6.07) is 0. The third-order valence-corrected chi connectivity index (χ3v) is 3.10. The maximum absolute atomic E-state index is 11.6. The van der Waals surface area contributed by atoms with Crippen molar-refractivity contribution in [1.82, 2.24) is 4.90 Å². The van der Waals surface area contributed by atoms with Gasteiger partial charge in [-0.05, 0) is 12.8 Å². The first kappa shape index (κ1) is 12.4. The van der Waals surface area contributed by atoms with Gasteiger partial charge in [0.25, 0.3) is 0 Å². The van der Waals surface area contributed by atoms with Gasteiger partial charge < -0.3 is 15.4 Å². The lowest BCUT2D eigenvalue weighted by Crippen LogP contribution is -2.41. The van der Waals surface area contributed by atoms with Gasteiger partial charge in [0.15, 0.2) is 0 Å². The molecular formula is C10H18N2O2S. The zero-order valence-corrected chi connectivity index (χ0v) is 9.89. The van der Waals surface area contributed by atoms with E-state index in [1.807, 2.05) is 4.90 Å². The number of methoxy groups -OCH3 is 1. The van der Waals surface area contributed by atoms with Gasteiger partial charge in [-0.1, -0.05) is 12.2 Å². The van der Waals surface area contributed by atoms with Crippen LogP contribution in [0.25, 0.3) is 0 Å². The molecule has 1 rings (SSSR count). The third-order valence-electron chi connectivity index (χ3n) is 2.77. The van der Waals surface area contributed by atoms with Gasteiger partial charge in [0.05, 0.1) is 18.0 Å². The van der Waals surface area contributed by atoms with E-state index >= 15 is 0 Å². The number of hydrogen-bond acceptors (Lipinski definition) is 3. The van der Waals surface area contributed by atoms with Gasteiger partial charge in [0.1, 0.15) is 0 Å². The van der Waals surface area contributed by atoms with E-state index in [0.29, 0.717) is 23.9 Å². The quantitative estimate of drug-likeness (QED) is 0.717. The van der Waals surface area contributed by atoms with Crippen molar-refractivity contribution in [2.24, 2.45) is 11.7 Å². The number of rotatable bonds is 4. The smallest absolute Gasteiger partial charge is 0.224 e. The highest BCUT2D eigenvalue weighted by Crippen LogP contribution is 2.17. The Morgan fingerprint density at radius 1 is 1.53 bits per heavy atom. The van der Waals surface area contributed by atoms with Crippen molar-refractivity contribution in [2.45, 2.75) is 19.3 Å². The van der Waals surface area contributed by atoms with Crippen LogP contribution in [0, 0.1) is 5.92 Å². The van der Waals surface area contributed by atoms with Crippen molar-refractivity contribution in [2.75, 3.05) is 26.8 Å². The van der Waals surface area contributed by atoms with Crippen LogP contribution in [-0.4, -0.2) is 42.6 Å². The van der Waals surface area contributed by atoms with Crippen LogP contribution in [0.2, 0.25) is 0 Å². The van der Waals surface area contributed by atoms with Crippen LogP contribution in [-0.2, 0) is 9.53 Å². The summed E-state index contributed by atoms with van der Waals surface area (Å²) in [5.41, 5.74) is 5.58. The van der Waals surface area contributed by atoms with Gasteiger partial charge in [-0.25, -0.2) is 0 Å². The van der Waals surface area contributed by atoms with E-state index in [1.54, 1.807) is 7.11 Å². The summed E-state index contributed by atoms with van der Waals surface area (Å²) in [7, 11) is 1.60. The standard InChI is InChI=1S/C10H18N2O2S/c1-14-7-4-9(13)12-5-2-8(3-6-12)10(11)15/h8H,2-7H2,1H3,(H2,11,15). The lowest BCUT2D eigenvalue weighted by atomic mass is 9.97. The number of hydrogen-bond donors (Lipinski definition) is 1. The topological polar surface area (TPSA) is 55.6 Å². The van der Waals surface area contributed by atoms with Crippen LogP contribution in [0.3, 0.4) is 0 Å². The number of amides is 1. The summed E-state index contributed by atoms with van der Waals surface area (Å²) in [6.07, 6.45) is 2.26. The van der Waals surface area contributed by atoms with Gasteiger partial charge in [-0.2, -0.15) is 0 Å². The first-order valence-corrected chi connectivity index (χ1v) is 5.62. The molecule has 4 nitrogen and oxygen atoms in total. The molecule has 0 bridgehead atoms. The lowest BCUT2D eigenvalue weighted by molar-refractivity contribution is -0.133. The Bertz CT molecular complexity index is 238. The van der Waals surface area contributed by atoms with E-state index in [1.165, 1.54) is 0 Å². The molecular weight excluding hydrogens is 212 g/mol. The molecule has 1 aliphatic heterocycles. The van der Waals surface area contributed by atoms with Crippen molar-refractivity contribution in [3.8, 4) is 0 Å². The first-order chi connectivity index (χ1) is 7.15. The number of likely N-dealkylation sites (tertiary alicyclic amines) is 1. The molecule has 1 fully saturated rings. The number of ether oxygens (including phenoxy) is 1. The third kappa shape index (κ3) is 3.76. The molecule has 0 saturated carbocycles.